The maximum absolute atomic E-state index is 13.4. The van der Waals surface area contributed by atoms with Crippen LogP contribution >= 0.6 is 11.3 Å². The predicted molar refractivity (Wildman–Crippen MR) is 114 cm³/mol. The second kappa shape index (κ2) is 9.08. The standard InChI is InChI=1S/C21H22FN5O2S/c1-15-14-30-21(25-15)27-10-8-26(9-11-27)20(28)24-13-16-4-3-7-23-19(16)29-18-6-2-5-17(22)12-18/h2-7,12,14H,8-11,13H2,1H3,(H,24,28). The summed E-state index contributed by atoms with van der Waals surface area (Å²) in [6, 6.07) is 9.33. The van der Waals surface area contributed by atoms with Crippen molar-refractivity contribution < 1.29 is 13.9 Å². The van der Waals surface area contributed by atoms with E-state index in [0.29, 0.717) is 30.3 Å². The van der Waals surface area contributed by atoms with Crippen molar-refractivity contribution in [1.82, 2.24) is 20.2 Å². The number of nitrogens with zero attached hydrogens (tertiary/aromatic N) is 4. The van der Waals surface area contributed by atoms with Gasteiger partial charge in [-0.15, -0.1) is 11.3 Å². The van der Waals surface area contributed by atoms with Gasteiger partial charge >= 0.3 is 6.03 Å². The third kappa shape index (κ3) is 4.85. The molecule has 0 bridgehead atoms. The van der Waals surface area contributed by atoms with Gasteiger partial charge in [-0.1, -0.05) is 12.1 Å². The highest BCUT2D eigenvalue weighted by Crippen LogP contribution is 2.24. The lowest BCUT2D eigenvalue weighted by atomic mass is 10.2. The molecule has 9 heteroatoms. The summed E-state index contributed by atoms with van der Waals surface area (Å²) in [6.07, 6.45) is 1.60. The Kier molecular flexibility index (Phi) is 6.08. The number of ether oxygens (including phenoxy) is 1. The Labute approximate surface area is 178 Å². The minimum Gasteiger partial charge on any atom is -0.439 e. The zero-order chi connectivity index (χ0) is 20.9. The van der Waals surface area contributed by atoms with E-state index in [4.69, 9.17) is 4.74 Å². The number of urea groups is 1. The molecule has 1 aliphatic rings. The topological polar surface area (TPSA) is 70.6 Å². The first kappa shape index (κ1) is 20.1. The molecule has 0 unspecified atom stereocenters. The Balaban J connectivity index is 1.32. The molecule has 1 aromatic carbocycles. The minimum atomic E-state index is -0.384. The second-order valence-corrected chi connectivity index (χ2v) is 7.77. The molecule has 0 atom stereocenters. The van der Waals surface area contributed by atoms with E-state index >= 15 is 0 Å². The lowest BCUT2D eigenvalue weighted by Crippen LogP contribution is -2.51. The van der Waals surface area contributed by atoms with Crippen LogP contribution in [-0.2, 0) is 6.54 Å². The SMILES string of the molecule is Cc1csc(N2CCN(C(=O)NCc3cccnc3Oc3cccc(F)c3)CC2)n1. The third-order valence-corrected chi connectivity index (χ3v) is 5.75. The number of carbonyl (C=O) groups excluding carboxylic acids is 1. The first-order valence-electron chi connectivity index (χ1n) is 9.65. The number of pyridine rings is 1. The molecule has 2 aromatic heterocycles. The molecular weight excluding hydrogens is 405 g/mol. The molecule has 0 spiro atoms. The average molecular weight is 428 g/mol. The van der Waals surface area contributed by atoms with Crippen molar-refractivity contribution in [3.05, 3.63) is 65.0 Å². The number of aryl methyl sites for hydroxylation is 1. The van der Waals surface area contributed by atoms with Crippen molar-refractivity contribution in [2.45, 2.75) is 13.5 Å². The Morgan fingerprint density at radius 1 is 1.23 bits per heavy atom. The third-order valence-electron chi connectivity index (χ3n) is 4.73. The summed E-state index contributed by atoms with van der Waals surface area (Å²) in [5.74, 6) is 0.313. The molecular formula is C21H22FN5O2S. The largest absolute Gasteiger partial charge is 0.439 e. The highest BCUT2D eigenvalue weighted by molar-refractivity contribution is 7.13. The molecule has 4 rings (SSSR count). The van der Waals surface area contributed by atoms with Crippen LogP contribution in [0.3, 0.4) is 0 Å². The van der Waals surface area contributed by atoms with Crippen molar-refractivity contribution in [3.8, 4) is 11.6 Å². The van der Waals surface area contributed by atoms with E-state index in [1.807, 2.05) is 18.4 Å². The summed E-state index contributed by atoms with van der Waals surface area (Å²) in [7, 11) is 0. The van der Waals surface area contributed by atoms with Crippen LogP contribution in [0.4, 0.5) is 14.3 Å². The number of thiazole rings is 1. The van der Waals surface area contributed by atoms with Crippen LogP contribution in [0.1, 0.15) is 11.3 Å². The first-order chi connectivity index (χ1) is 14.6. The maximum atomic E-state index is 13.4. The number of halogens is 1. The van der Waals surface area contributed by atoms with Crippen LogP contribution in [0.5, 0.6) is 11.6 Å². The number of anilines is 1. The van der Waals surface area contributed by atoms with Gasteiger partial charge in [0.15, 0.2) is 5.13 Å². The number of nitrogens with one attached hydrogen (secondary N) is 1. The van der Waals surface area contributed by atoms with Crippen LogP contribution < -0.4 is 15.0 Å². The van der Waals surface area contributed by atoms with E-state index in [9.17, 15) is 9.18 Å². The second-order valence-electron chi connectivity index (χ2n) is 6.93. The molecule has 1 N–H and O–H groups in total. The molecule has 3 heterocycles. The zero-order valence-electron chi connectivity index (χ0n) is 16.5. The molecule has 1 saturated heterocycles. The highest BCUT2D eigenvalue weighted by Gasteiger charge is 2.22. The van der Waals surface area contributed by atoms with Crippen molar-refractivity contribution in [3.63, 3.8) is 0 Å². The maximum Gasteiger partial charge on any atom is 0.317 e. The Bertz CT molecular complexity index is 1020. The number of carbonyl (C=O) groups is 1. The van der Waals surface area contributed by atoms with Crippen LogP contribution in [-0.4, -0.2) is 47.1 Å². The van der Waals surface area contributed by atoms with Gasteiger partial charge in [0.1, 0.15) is 11.6 Å². The number of hydrogen-bond donors (Lipinski definition) is 1. The summed E-state index contributed by atoms with van der Waals surface area (Å²) >= 11 is 1.63. The monoisotopic (exact) mass is 427 g/mol. The van der Waals surface area contributed by atoms with Crippen molar-refractivity contribution in [2.24, 2.45) is 0 Å². The highest BCUT2D eigenvalue weighted by atomic mass is 32.1. The molecule has 3 aromatic rings. The Morgan fingerprint density at radius 2 is 2.07 bits per heavy atom. The van der Waals surface area contributed by atoms with Crippen molar-refractivity contribution in [1.29, 1.82) is 0 Å². The number of amides is 2. The quantitative estimate of drug-likeness (QED) is 0.671. The smallest absolute Gasteiger partial charge is 0.317 e. The van der Waals surface area contributed by atoms with Gasteiger partial charge in [-0.25, -0.2) is 19.2 Å². The van der Waals surface area contributed by atoms with Crippen LogP contribution in [0.15, 0.2) is 48.0 Å². The van der Waals surface area contributed by atoms with E-state index in [2.05, 4.69) is 20.2 Å². The zero-order valence-corrected chi connectivity index (χ0v) is 17.4. The molecule has 7 nitrogen and oxygen atoms in total. The predicted octanol–water partition coefficient (Wildman–Crippen LogP) is 3.81. The van der Waals surface area contributed by atoms with E-state index in [-0.39, 0.29) is 18.4 Å². The van der Waals surface area contributed by atoms with Crippen LogP contribution in [0, 0.1) is 12.7 Å². The molecule has 1 fully saturated rings. The molecule has 1 aliphatic heterocycles. The van der Waals surface area contributed by atoms with E-state index in [0.717, 1.165) is 23.9 Å². The fraction of sp³-hybridized carbons (Fsp3) is 0.286. The summed E-state index contributed by atoms with van der Waals surface area (Å²) in [5.41, 5.74) is 1.73. The summed E-state index contributed by atoms with van der Waals surface area (Å²) in [6.45, 7) is 5.01. The minimum absolute atomic E-state index is 0.134. The van der Waals surface area contributed by atoms with Gasteiger partial charge in [-0.2, -0.15) is 0 Å². The first-order valence-corrected chi connectivity index (χ1v) is 10.5. The Hall–Kier alpha value is -3.20. The summed E-state index contributed by atoms with van der Waals surface area (Å²) in [4.78, 5) is 25.3. The molecule has 0 saturated carbocycles. The van der Waals surface area contributed by atoms with Gasteiger partial charge in [0.05, 0.1) is 5.69 Å². The van der Waals surface area contributed by atoms with E-state index in [1.54, 1.807) is 40.6 Å². The van der Waals surface area contributed by atoms with E-state index < -0.39 is 0 Å². The van der Waals surface area contributed by atoms with Crippen molar-refractivity contribution in [2.75, 3.05) is 31.1 Å². The van der Waals surface area contributed by atoms with Crippen molar-refractivity contribution >= 4 is 22.5 Å². The normalized spacial score (nSPS) is 13.9. The molecule has 0 aliphatic carbocycles. The summed E-state index contributed by atoms with van der Waals surface area (Å²) < 4.78 is 19.1. The molecule has 156 valence electrons. The van der Waals surface area contributed by atoms with Gasteiger partial charge in [0.25, 0.3) is 0 Å². The van der Waals surface area contributed by atoms with Gasteiger partial charge in [0.2, 0.25) is 5.88 Å². The Morgan fingerprint density at radius 3 is 2.80 bits per heavy atom. The van der Waals surface area contributed by atoms with Gasteiger partial charge in [-0.3, -0.25) is 0 Å². The fourth-order valence-electron chi connectivity index (χ4n) is 3.16. The van der Waals surface area contributed by atoms with Gasteiger partial charge in [0, 0.05) is 55.9 Å². The molecule has 2 amide bonds. The number of aromatic nitrogens is 2. The molecule has 0 radical (unpaired) electrons. The summed E-state index contributed by atoms with van der Waals surface area (Å²) in [5, 5.41) is 5.96. The average Bonchev–Trinajstić information content (AvgIpc) is 3.19. The number of benzene rings is 1. The number of rotatable bonds is 5. The lowest BCUT2D eigenvalue weighted by molar-refractivity contribution is 0.194. The van der Waals surface area contributed by atoms with E-state index in [1.165, 1.54) is 12.1 Å². The molecule has 30 heavy (non-hydrogen) atoms. The van der Waals surface area contributed by atoms with Crippen LogP contribution in [0.25, 0.3) is 0 Å². The van der Waals surface area contributed by atoms with Crippen LogP contribution in [0.2, 0.25) is 0 Å². The van der Waals surface area contributed by atoms with Gasteiger partial charge < -0.3 is 19.9 Å². The lowest BCUT2D eigenvalue weighted by Gasteiger charge is -2.34. The fourth-order valence-corrected chi connectivity index (χ4v) is 4.02. The number of piperazine rings is 1. The van der Waals surface area contributed by atoms with Gasteiger partial charge in [-0.05, 0) is 25.1 Å². The number of hydrogen-bond acceptors (Lipinski definition) is 6.